The maximum absolute atomic E-state index is 4.25. The molecule has 1 aromatic carbocycles. The Morgan fingerprint density at radius 3 is 2.50 bits per heavy atom. The van der Waals surface area contributed by atoms with Gasteiger partial charge in [0.25, 0.3) is 0 Å². The number of anilines is 1. The number of hydrogen-bond acceptors (Lipinski definition) is 4. The lowest BCUT2D eigenvalue weighted by Gasteiger charge is -2.16. The van der Waals surface area contributed by atoms with Gasteiger partial charge in [0, 0.05) is 10.9 Å². The number of benzene rings is 1. The Morgan fingerprint density at radius 1 is 1.20 bits per heavy atom. The lowest BCUT2D eigenvalue weighted by molar-refractivity contribution is 0.639. The zero-order valence-corrected chi connectivity index (χ0v) is 14.5. The van der Waals surface area contributed by atoms with Gasteiger partial charge in [-0.25, -0.2) is 0 Å². The average molecular weight is 354 g/mol. The molecule has 0 radical (unpaired) electrons. The molecule has 3 nitrogen and oxygen atoms in total. The Labute approximate surface area is 133 Å². The Kier molecular flexibility index (Phi) is 5.54. The largest absolute Gasteiger partial charge is 0.353 e. The van der Waals surface area contributed by atoms with Crippen LogP contribution in [0.25, 0.3) is 0 Å². The summed E-state index contributed by atoms with van der Waals surface area (Å²) in [6, 6.07) is 8.71. The van der Waals surface area contributed by atoms with E-state index in [1.54, 1.807) is 11.3 Å². The third-order valence-corrected chi connectivity index (χ3v) is 4.43. The number of rotatable bonds is 6. The highest BCUT2D eigenvalue weighted by Crippen LogP contribution is 2.26. The summed E-state index contributed by atoms with van der Waals surface area (Å²) in [7, 11) is 0. The molecule has 0 fully saturated rings. The zero-order valence-electron chi connectivity index (χ0n) is 12.1. The van der Waals surface area contributed by atoms with Gasteiger partial charge in [-0.2, -0.15) is 0 Å². The molecule has 1 aromatic heterocycles. The number of nitrogens with zero attached hydrogens (tertiary/aromatic N) is 2. The van der Waals surface area contributed by atoms with Crippen molar-refractivity contribution < 1.29 is 0 Å². The maximum atomic E-state index is 4.25. The van der Waals surface area contributed by atoms with Crippen LogP contribution in [-0.2, 0) is 6.42 Å². The molecule has 0 spiro atoms. The van der Waals surface area contributed by atoms with E-state index in [1.165, 1.54) is 5.56 Å². The van der Waals surface area contributed by atoms with Crippen molar-refractivity contribution in [3.8, 4) is 0 Å². The van der Waals surface area contributed by atoms with Crippen molar-refractivity contribution in [1.29, 1.82) is 0 Å². The molecule has 0 amide bonds. The van der Waals surface area contributed by atoms with Gasteiger partial charge in [-0.1, -0.05) is 60.2 Å². The summed E-state index contributed by atoms with van der Waals surface area (Å²) >= 11 is 5.13. The Bertz CT molecular complexity index is 536. The quantitative estimate of drug-likeness (QED) is 0.788. The number of hydrogen-bond donors (Lipinski definition) is 1. The second-order valence-corrected chi connectivity index (χ2v) is 7.23. The summed E-state index contributed by atoms with van der Waals surface area (Å²) in [5, 5.41) is 14.0. The highest BCUT2D eigenvalue weighted by molar-refractivity contribution is 9.10. The summed E-state index contributed by atoms with van der Waals surface area (Å²) in [5.74, 6) is 0.615. The van der Waals surface area contributed by atoms with Gasteiger partial charge in [0.1, 0.15) is 5.01 Å². The predicted octanol–water partition coefficient (Wildman–Crippen LogP) is 5.06. The van der Waals surface area contributed by atoms with E-state index < -0.39 is 0 Å². The molecule has 0 aliphatic rings. The van der Waals surface area contributed by atoms with Crippen molar-refractivity contribution in [2.24, 2.45) is 5.92 Å². The SMILES string of the molecule is CCC(Nc1nnc(CC(C)C)s1)c1ccc(Br)cc1. The molecule has 1 atom stereocenters. The van der Waals surface area contributed by atoms with E-state index in [-0.39, 0.29) is 6.04 Å². The average Bonchev–Trinajstić information content (AvgIpc) is 2.83. The second kappa shape index (κ2) is 7.18. The van der Waals surface area contributed by atoms with Crippen molar-refractivity contribution in [3.05, 3.63) is 39.3 Å². The van der Waals surface area contributed by atoms with Crippen LogP contribution < -0.4 is 5.32 Å². The van der Waals surface area contributed by atoms with Gasteiger partial charge in [0.05, 0.1) is 6.04 Å². The lowest BCUT2D eigenvalue weighted by Crippen LogP contribution is -2.09. The molecule has 0 aliphatic heterocycles. The van der Waals surface area contributed by atoms with Crippen molar-refractivity contribution >= 4 is 32.4 Å². The third kappa shape index (κ3) is 4.28. The van der Waals surface area contributed by atoms with Crippen molar-refractivity contribution in [2.75, 3.05) is 5.32 Å². The number of halogens is 1. The van der Waals surface area contributed by atoms with Gasteiger partial charge < -0.3 is 5.32 Å². The molecule has 5 heteroatoms. The van der Waals surface area contributed by atoms with Crippen molar-refractivity contribution in [1.82, 2.24) is 10.2 Å². The smallest absolute Gasteiger partial charge is 0.206 e. The van der Waals surface area contributed by atoms with Crippen molar-refractivity contribution in [3.63, 3.8) is 0 Å². The van der Waals surface area contributed by atoms with Crippen LogP contribution in [0.15, 0.2) is 28.7 Å². The normalized spacial score (nSPS) is 12.7. The minimum atomic E-state index is 0.281. The first-order chi connectivity index (χ1) is 9.58. The number of aromatic nitrogens is 2. The van der Waals surface area contributed by atoms with Gasteiger partial charge in [0.15, 0.2) is 0 Å². The van der Waals surface area contributed by atoms with E-state index in [0.29, 0.717) is 5.92 Å². The van der Waals surface area contributed by atoms with Crippen LogP contribution in [0.1, 0.15) is 43.8 Å². The molecule has 1 unspecified atom stereocenters. The fourth-order valence-electron chi connectivity index (χ4n) is 2.01. The fraction of sp³-hybridized carbons (Fsp3) is 0.467. The van der Waals surface area contributed by atoms with Gasteiger partial charge >= 0.3 is 0 Å². The molecular weight excluding hydrogens is 334 g/mol. The molecule has 1 heterocycles. The van der Waals surface area contributed by atoms with E-state index in [9.17, 15) is 0 Å². The van der Waals surface area contributed by atoms with E-state index in [1.807, 2.05) is 0 Å². The van der Waals surface area contributed by atoms with Crippen LogP contribution in [0.3, 0.4) is 0 Å². The Balaban J connectivity index is 2.06. The standard InChI is InChI=1S/C15H20BrN3S/c1-4-13(11-5-7-12(16)8-6-11)17-15-19-18-14(20-15)9-10(2)3/h5-8,10,13H,4,9H2,1-3H3,(H,17,19). The topological polar surface area (TPSA) is 37.8 Å². The molecule has 0 saturated carbocycles. The Hall–Kier alpha value is -0.940. The Morgan fingerprint density at radius 2 is 1.90 bits per heavy atom. The van der Waals surface area contributed by atoms with Gasteiger partial charge in [-0.15, -0.1) is 10.2 Å². The second-order valence-electron chi connectivity index (χ2n) is 5.26. The van der Waals surface area contributed by atoms with Gasteiger partial charge in [-0.3, -0.25) is 0 Å². The minimum absolute atomic E-state index is 0.281. The molecule has 1 N–H and O–H groups in total. The first-order valence-corrected chi connectivity index (χ1v) is 8.53. The molecular formula is C15H20BrN3S. The molecule has 108 valence electrons. The van der Waals surface area contributed by atoms with E-state index >= 15 is 0 Å². The van der Waals surface area contributed by atoms with Crippen LogP contribution in [-0.4, -0.2) is 10.2 Å². The summed E-state index contributed by atoms with van der Waals surface area (Å²) in [4.78, 5) is 0. The molecule has 2 rings (SSSR count). The minimum Gasteiger partial charge on any atom is -0.353 e. The van der Waals surface area contributed by atoms with Gasteiger partial charge in [0.2, 0.25) is 5.13 Å². The van der Waals surface area contributed by atoms with Crippen molar-refractivity contribution in [2.45, 2.75) is 39.7 Å². The van der Waals surface area contributed by atoms with E-state index in [2.05, 4.69) is 76.5 Å². The lowest BCUT2D eigenvalue weighted by atomic mass is 10.1. The van der Waals surface area contributed by atoms with Crippen LogP contribution in [0.2, 0.25) is 0 Å². The summed E-state index contributed by atoms with van der Waals surface area (Å²) in [5.41, 5.74) is 1.27. The molecule has 0 saturated heterocycles. The van der Waals surface area contributed by atoms with E-state index in [4.69, 9.17) is 0 Å². The first-order valence-electron chi connectivity index (χ1n) is 6.93. The van der Waals surface area contributed by atoms with Gasteiger partial charge in [-0.05, 0) is 30.0 Å². The van der Waals surface area contributed by atoms with Crippen LogP contribution in [0.5, 0.6) is 0 Å². The highest BCUT2D eigenvalue weighted by atomic mass is 79.9. The monoisotopic (exact) mass is 353 g/mol. The van der Waals surface area contributed by atoms with Crippen LogP contribution in [0.4, 0.5) is 5.13 Å². The number of nitrogens with one attached hydrogen (secondary N) is 1. The molecule has 2 aromatic rings. The molecule has 0 bridgehead atoms. The van der Waals surface area contributed by atoms with Crippen LogP contribution >= 0.6 is 27.3 Å². The zero-order chi connectivity index (χ0) is 14.5. The maximum Gasteiger partial charge on any atom is 0.206 e. The third-order valence-electron chi connectivity index (χ3n) is 3.03. The first kappa shape index (κ1) is 15.4. The van der Waals surface area contributed by atoms with E-state index in [0.717, 1.165) is 27.5 Å². The summed E-state index contributed by atoms with van der Waals surface area (Å²) in [6.07, 6.45) is 2.01. The molecule has 20 heavy (non-hydrogen) atoms. The fourth-order valence-corrected chi connectivity index (χ4v) is 3.28. The summed E-state index contributed by atoms with van der Waals surface area (Å²) < 4.78 is 1.10. The highest BCUT2D eigenvalue weighted by Gasteiger charge is 2.12. The summed E-state index contributed by atoms with van der Waals surface area (Å²) in [6.45, 7) is 6.58. The molecule has 0 aliphatic carbocycles. The predicted molar refractivity (Wildman–Crippen MR) is 89.2 cm³/mol. The van der Waals surface area contributed by atoms with Crippen LogP contribution in [0, 0.1) is 5.92 Å².